The Morgan fingerprint density at radius 2 is 1.80 bits per heavy atom. The second kappa shape index (κ2) is 10.1. The van der Waals surface area contributed by atoms with E-state index >= 15 is 0 Å². The number of nitrogens with one attached hydrogen (secondary N) is 1. The van der Waals surface area contributed by atoms with Crippen molar-refractivity contribution in [3.05, 3.63) is 83.9 Å². The fourth-order valence-corrected chi connectivity index (χ4v) is 6.37. The number of H-pyrrole nitrogens is 1. The highest BCUT2D eigenvalue weighted by molar-refractivity contribution is 7.97. The van der Waals surface area contributed by atoms with Gasteiger partial charge in [0, 0.05) is 58.4 Å². The van der Waals surface area contributed by atoms with Crippen LogP contribution in [0, 0.1) is 6.92 Å². The van der Waals surface area contributed by atoms with E-state index in [0.29, 0.717) is 6.04 Å². The number of aromatic amines is 1. The van der Waals surface area contributed by atoms with E-state index in [1.54, 1.807) is 0 Å². The van der Waals surface area contributed by atoms with Crippen LogP contribution in [0.25, 0.3) is 22.2 Å². The van der Waals surface area contributed by atoms with Gasteiger partial charge in [0.2, 0.25) is 0 Å². The van der Waals surface area contributed by atoms with Crippen LogP contribution >= 0.6 is 11.9 Å². The molecule has 4 nitrogen and oxygen atoms in total. The summed E-state index contributed by atoms with van der Waals surface area (Å²) in [5, 5.41) is 1.27. The van der Waals surface area contributed by atoms with Crippen LogP contribution in [0.15, 0.2) is 77.7 Å². The van der Waals surface area contributed by atoms with Crippen LogP contribution in [0.1, 0.15) is 24.0 Å². The number of hydrogen-bond donors (Lipinski definition) is 1. The maximum atomic E-state index is 5.88. The lowest BCUT2D eigenvalue weighted by Crippen LogP contribution is -2.42. The first-order valence-corrected chi connectivity index (χ1v) is 13.6. The molecule has 1 aromatic heterocycles. The zero-order valence-corrected chi connectivity index (χ0v) is 21.2. The van der Waals surface area contributed by atoms with Crippen LogP contribution in [0.5, 0.6) is 0 Å². The number of fused-ring (bicyclic) bond motifs is 1. The minimum absolute atomic E-state index is 0.369. The minimum atomic E-state index is 0.369. The second-order valence-electron chi connectivity index (χ2n) is 9.80. The zero-order chi connectivity index (χ0) is 23.6. The molecule has 0 amide bonds. The molecule has 4 aromatic rings. The molecule has 1 N–H and O–H groups in total. The van der Waals surface area contributed by atoms with Gasteiger partial charge in [-0.3, -0.25) is 0 Å². The SMILES string of the molecule is Cc1ccc2cc(-c3cc(SN4CCOCC4Cc4ccccc4)ccc3N3CCCC3)[nH]c2c1. The summed E-state index contributed by atoms with van der Waals surface area (Å²) in [5.41, 5.74) is 7.72. The van der Waals surface area contributed by atoms with E-state index in [9.17, 15) is 0 Å². The number of ether oxygens (including phenoxy) is 1. The van der Waals surface area contributed by atoms with E-state index in [0.717, 1.165) is 39.3 Å². The third-order valence-corrected chi connectivity index (χ3v) is 8.37. The van der Waals surface area contributed by atoms with Crippen LogP contribution in [0.2, 0.25) is 0 Å². The monoisotopic (exact) mass is 483 g/mol. The zero-order valence-electron chi connectivity index (χ0n) is 20.4. The lowest BCUT2D eigenvalue weighted by atomic mass is 10.1. The molecular formula is C30H33N3OS. The summed E-state index contributed by atoms with van der Waals surface area (Å²) in [5.74, 6) is 0. The van der Waals surface area contributed by atoms with Crippen molar-refractivity contribution in [1.29, 1.82) is 0 Å². The fraction of sp³-hybridized carbons (Fsp3) is 0.333. The van der Waals surface area contributed by atoms with E-state index < -0.39 is 0 Å². The molecular weight excluding hydrogens is 450 g/mol. The highest BCUT2D eigenvalue weighted by atomic mass is 32.2. The van der Waals surface area contributed by atoms with E-state index in [2.05, 4.69) is 93.9 Å². The maximum Gasteiger partial charge on any atom is 0.0635 e. The van der Waals surface area contributed by atoms with Gasteiger partial charge in [0.25, 0.3) is 0 Å². The molecule has 2 fully saturated rings. The molecule has 1 atom stereocenters. The van der Waals surface area contributed by atoms with Gasteiger partial charge in [0.05, 0.1) is 13.2 Å². The van der Waals surface area contributed by atoms with Crippen LogP contribution < -0.4 is 4.90 Å². The molecule has 2 saturated heterocycles. The molecule has 5 heteroatoms. The summed E-state index contributed by atoms with van der Waals surface area (Å²) in [7, 11) is 0. The van der Waals surface area contributed by atoms with Gasteiger partial charge in [-0.15, -0.1) is 0 Å². The van der Waals surface area contributed by atoms with Gasteiger partial charge in [-0.25, -0.2) is 4.31 Å². The molecule has 1 unspecified atom stereocenters. The number of aryl methyl sites for hydroxylation is 1. The Kier molecular flexibility index (Phi) is 6.55. The summed E-state index contributed by atoms with van der Waals surface area (Å²) in [6.07, 6.45) is 3.56. The highest BCUT2D eigenvalue weighted by Crippen LogP contribution is 2.38. The van der Waals surface area contributed by atoms with Crippen molar-refractivity contribution in [2.45, 2.75) is 37.1 Å². The molecule has 0 bridgehead atoms. The number of rotatable bonds is 6. The number of morpholine rings is 1. The molecule has 6 rings (SSSR count). The van der Waals surface area contributed by atoms with E-state index in [1.165, 1.54) is 56.7 Å². The summed E-state index contributed by atoms with van der Waals surface area (Å²) < 4.78 is 8.41. The summed E-state index contributed by atoms with van der Waals surface area (Å²) in [6, 6.07) is 27.2. The van der Waals surface area contributed by atoms with Crippen molar-refractivity contribution in [2.75, 3.05) is 37.7 Å². The van der Waals surface area contributed by atoms with E-state index in [-0.39, 0.29) is 0 Å². The second-order valence-corrected chi connectivity index (χ2v) is 10.9. The van der Waals surface area contributed by atoms with Gasteiger partial charge in [0.1, 0.15) is 0 Å². The van der Waals surface area contributed by atoms with Gasteiger partial charge < -0.3 is 14.6 Å². The molecule has 180 valence electrons. The smallest absolute Gasteiger partial charge is 0.0635 e. The first kappa shape index (κ1) is 22.7. The van der Waals surface area contributed by atoms with Crippen LogP contribution in [-0.2, 0) is 11.2 Å². The largest absolute Gasteiger partial charge is 0.378 e. The third kappa shape index (κ3) is 4.99. The van der Waals surface area contributed by atoms with E-state index in [4.69, 9.17) is 4.74 Å². The Labute approximate surface area is 212 Å². The third-order valence-electron chi connectivity index (χ3n) is 7.19. The molecule has 0 saturated carbocycles. The van der Waals surface area contributed by atoms with Gasteiger partial charge in [-0.2, -0.15) is 0 Å². The molecule has 3 heterocycles. The average Bonchev–Trinajstić information content (AvgIpc) is 3.56. The van der Waals surface area contributed by atoms with Gasteiger partial charge in [-0.05, 0) is 79.6 Å². The Hall–Kier alpha value is -2.73. The van der Waals surface area contributed by atoms with Gasteiger partial charge in [0.15, 0.2) is 0 Å². The predicted molar refractivity (Wildman–Crippen MR) is 147 cm³/mol. The topological polar surface area (TPSA) is 31.5 Å². The van der Waals surface area contributed by atoms with Crippen molar-refractivity contribution in [3.8, 4) is 11.3 Å². The Bertz CT molecular complexity index is 1300. The number of aromatic nitrogens is 1. The maximum absolute atomic E-state index is 5.88. The molecule has 0 spiro atoms. The minimum Gasteiger partial charge on any atom is -0.378 e. The summed E-state index contributed by atoms with van der Waals surface area (Å²) in [6.45, 7) is 6.95. The van der Waals surface area contributed by atoms with E-state index in [1.807, 2.05) is 11.9 Å². The summed E-state index contributed by atoms with van der Waals surface area (Å²) in [4.78, 5) is 7.56. The van der Waals surface area contributed by atoms with Gasteiger partial charge >= 0.3 is 0 Å². The number of benzene rings is 3. The summed E-state index contributed by atoms with van der Waals surface area (Å²) >= 11 is 1.88. The molecule has 2 aliphatic rings. The predicted octanol–water partition coefficient (Wildman–Crippen LogP) is 6.69. The van der Waals surface area contributed by atoms with Crippen LogP contribution in [0.3, 0.4) is 0 Å². The average molecular weight is 484 g/mol. The van der Waals surface area contributed by atoms with Crippen molar-refractivity contribution in [2.24, 2.45) is 0 Å². The lowest BCUT2D eigenvalue weighted by Gasteiger charge is -2.34. The first-order valence-electron chi connectivity index (χ1n) is 12.8. The normalized spacial score (nSPS) is 19.0. The van der Waals surface area contributed by atoms with Crippen LogP contribution in [0.4, 0.5) is 5.69 Å². The van der Waals surface area contributed by atoms with Crippen molar-refractivity contribution in [1.82, 2.24) is 9.29 Å². The first-order chi connectivity index (χ1) is 17.2. The fourth-order valence-electron chi connectivity index (χ4n) is 5.35. The Balaban J connectivity index is 1.32. The molecule has 0 radical (unpaired) electrons. The number of nitrogens with zero attached hydrogens (tertiary/aromatic N) is 2. The number of hydrogen-bond acceptors (Lipinski definition) is 4. The molecule has 0 aliphatic carbocycles. The van der Waals surface area contributed by atoms with Crippen molar-refractivity contribution < 1.29 is 4.74 Å². The molecule has 35 heavy (non-hydrogen) atoms. The highest BCUT2D eigenvalue weighted by Gasteiger charge is 2.25. The molecule has 3 aromatic carbocycles. The standard InChI is InChI=1S/C30H33N3OS/c1-22-9-10-24-19-29(31-28(24)17-22)27-20-26(11-12-30(27)32-13-5-6-14-32)35-33-15-16-34-21-25(33)18-23-7-3-2-4-8-23/h2-4,7-12,17,19-20,25,31H,5-6,13-16,18,21H2,1H3. The van der Waals surface area contributed by atoms with Crippen LogP contribution in [-0.4, -0.2) is 48.2 Å². The number of anilines is 1. The quantitative estimate of drug-likeness (QED) is 0.310. The van der Waals surface area contributed by atoms with Crippen molar-refractivity contribution in [3.63, 3.8) is 0 Å². The lowest BCUT2D eigenvalue weighted by molar-refractivity contribution is 0.0376. The Morgan fingerprint density at radius 1 is 0.943 bits per heavy atom. The molecule has 2 aliphatic heterocycles. The Morgan fingerprint density at radius 3 is 2.66 bits per heavy atom. The van der Waals surface area contributed by atoms with Gasteiger partial charge in [-0.1, -0.05) is 42.5 Å². The van der Waals surface area contributed by atoms with Crippen molar-refractivity contribution >= 4 is 28.5 Å².